The summed E-state index contributed by atoms with van der Waals surface area (Å²) < 4.78 is 37.9. The Hall–Kier alpha value is -0.620. The zero-order chi connectivity index (χ0) is 26.6. The Morgan fingerprint density at radius 1 is 0.944 bits per heavy atom. The first-order valence-corrected chi connectivity index (χ1v) is 18.3. The van der Waals surface area contributed by atoms with E-state index >= 15 is 0 Å². The van der Waals surface area contributed by atoms with Gasteiger partial charge in [0.15, 0.2) is 0 Å². The Morgan fingerprint density at radius 3 is 1.92 bits per heavy atom. The molecule has 9 heteroatoms. The molecule has 0 aliphatic heterocycles. The fourth-order valence-corrected chi connectivity index (χ4v) is 10.6. The third-order valence-electron chi connectivity index (χ3n) is 7.03. The second-order valence-electron chi connectivity index (χ2n) is 9.54. The normalized spacial score (nSPS) is 16.9. The quantitative estimate of drug-likeness (QED) is 0.137. The molecular weight excluding hydrogens is 701 g/mol. The molecule has 0 aromatic heterocycles. The van der Waals surface area contributed by atoms with Gasteiger partial charge < -0.3 is 9.64 Å². The Kier molecular flexibility index (Phi) is 14.4. The topological polar surface area (TPSA) is 46.6 Å². The first-order chi connectivity index (χ1) is 17.3. The van der Waals surface area contributed by atoms with Crippen molar-refractivity contribution >= 4 is 38.3 Å². The van der Waals surface area contributed by atoms with Gasteiger partial charge in [-0.3, -0.25) is 0 Å². The van der Waals surface area contributed by atoms with Gasteiger partial charge in [0, 0.05) is 32.7 Å². The summed E-state index contributed by atoms with van der Waals surface area (Å²) in [5, 5.41) is 1.75. The molecular formula is C27H39AuClFNO3PS. The summed E-state index contributed by atoms with van der Waals surface area (Å²) in [6, 6.07) is 15.7. The number of halogens is 2. The van der Waals surface area contributed by atoms with Crippen molar-refractivity contribution in [2.45, 2.75) is 80.4 Å². The summed E-state index contributed by atoms with van der Waals surface area (Å²) in [5.41, 5.74) is 3.57. The zero-order valence-corrected chi connectivity index (χ0v) is 26.1. The van der Waals surface area contributed by atoms with Crippen LogP contribution in [0.3, 0.4) is 0 Å². The van der Waals surface area contributed by atoms with Gasteiger partial charge in [0.1, 0.15) is 5.30 Å². The molecule has 0 amide bonds. The van der Waals surface area contributed by atoms with E-state index in [1.165, 1.54) is 95.2 Å². The monoisotopic (exact) mass is 739 g/mol. The van der Waals surface area contributed by atoms with Crippen molar-refractivity contribution in [3.63, 3.8) is 0 Å². The van der Waals surface area contributed by atoms with Crippen molar-refractivity contribution in [3.8, 4) is 5.75 Å². The molecule has 0 atom stereocenters. The maximum absolute atomic E-state index is 12.4. The van der Waals surface area contributed by atoms with Crippen LogP contribution in [0, 0.1) is 6.07 Å². The van der Waals surface area contributed by atoms with Gasteiger partial charge in [-0.15, -0.1) is 9.95 Å². The van der Waals surface area contributed by atoms with E-state index in [0.717, 1.165) is 11.3 Å². The summed E-state index contributed by atoms with van der Waals surface area (Å²) in [5.74, 6) is -0.0417. The van der Waals surface area contributed by atoms with Gasteiger partial charge in [-0.05, 0) is 63.5 Å². The molecule has 0 bridgehead atoms. The molecule has 0 spiro atoms. The van der Waals surface area contributed by atoms with E-state index < -0.39 is 23.0 Å². The summed E-state index contributed by atoms with van der Waals surface area (Å²) in [6.45, 7) is 0. The molecule has 4 nitrogen and oxygen atoms in total. The number of hydrogen-bond acceptors (Lipinski definition) is 4. The molecule has 2 aromatic rings. The van der Waals surface area contributed by atoms with Crippen LogP contribution < -0.4 is 14.9 Å². The molecule has 2 fully saturated rings. The maximum atomic E-state index is 12.4. The minimum absolute atomic E-state index is 0.0417. The molecule has 36 heavy (non-hydrogen) atoms. The Balaban J connectivity index is 0.000000277. The third-order valence-corrected chi connectivity index (χ3v) is 11.8. The Bertz CT molecular complexity index is 998. The van der Waals surface area contributed by atoms with E-state index in [2.05, 4.69) is 63.3 Å². The molecule has 2 aromatic carbocycles. The number of nitrogens with zero attached hydrogens (tertiary/aromatic N) is 1. The van der Waals surface area contributed by atoms with Crippen LogP contribution in [0.4, 0.5) is 9.57 Å². The first-order valence-electron chi connectivity index (χ1n) is 12.6. The van der Waals surface area contributed by atoms with Crippen LogP contribution >= 0.6 is 17.1 Å². The van der Waals surface area contributed by atoms with Crippen LogP contribution in [0.5, 0.6) is 5.75 Å². The predicted octanol–water partition coefficient (Wildman–Crippen LogP) is 7.10. The van der Waals surface area contributed by atoms with Gasteiger partial charge in [-0.1, -0.05) is 25.0 Å². The minimum atomic E-state index is -4.73. The van der Waals surface area contributed by atoms with E-state index in [-0.39, 0.29) is 5.75 Å². The van der Waals surface area contributed by atoms with E-state index in [4.69, 9.17) is 0 Å². The van der Waals surface area contributed by atoms with Crippen molar-refractivity contribution in [1.82, 2.24) is 0 Å². The van der Waals surface area contributed by atoms with Crippen LogP contribution in [-0.4, -0.2) is 40.9 Å². The molecule has 0 saturated heterocycles. The summed E-state index contributed by atoms with van der Waals surface area (Å²) in [6.07, 6.45) is 14.9. The van der Waals surface area contributed by atoms with Gasteiger partial charge in [-0.2, -0.15) is 26.6 Å². The number of ether oxygens (including phenoxy) is 1. The number of anilines is 1. The van der Waals surface area contributed by atoms with Crippen LogP contribution in [0.25, 0.3) is 0 Å². The van der Waals surface area contributed by atoms with Crippen LogP contribution in [-0.2, 0) is 30.2 Å². The molecule has 2 aliphatic rings. The van der Waals surface area contributed by atoms with Gasteiger partial charge in [0.05, 0.1) is 24.1 Å². The second kappa shape index (κ2) is 16.4. The van der Waals surface area contributed by atoms with E-state index in [0.29, 0.717) is 0 Å². The van der Waals surface area contributed by atoms with Crippen molar-refractivity contribution in [2.75, 3.05) is 26.1 Å². The average Bonchev–Trinajstić information content (AvgIpc) is 2.91. The Morgan fingerprint density at radius 2 is 1.47 bits per heavy atom. The molecule has 206 valence electrons. The van der Waals surface area contributed by atoms with Crippen LogP contribution in [0.1, 0.15) is 64.2 Å². The SMILES string of the molecule is CN(C)c1ccccc1[PH+](C1CCCCC1)C1CCCCC1.COc1ccc[c-]c1S(=O)(=O)F.[Cl][Au]. The Labute approximate surface area is 235 Å². The summed E-state index contributed by atoms with van der Waals surface area (Å²) in [4.78, 5) is 1.79. The second-order valence-corrected chi connectivity index (χ2v) is 13.9. The van der Waals surface area contributed by atoms with Gasteiger partial charge in [-0.25, -0.2) is 0 Å². The van der Waals surface area contributed by atoms with Gasteiger partial charge in [0.25, 0.3) is 0 Å². The number of para-hydroxylation sites is 1. The molecule has 0 heterocycles. The van der Waals surface area contributed by atoms with E-state index in [1.807, 2.05) is 0 Å². The number of rotatable bonds is 6. The third kappa shape index (κ3) is 9.29. The number of methoxy groups -OCH3 is 1. The molecule has 2 aliphatic carbocycles. The van der Waals surface area contributed by atoms with Crippen molar-refractivity contribution in [1.29, 1.82) is 0 Å². The molecule has 0 N–H and O–H groups in total. The fraction of sp³-hybridized carbons (Fsp3) is 0.556. The molecule has 2 saturated carbocycles. The van der Waals surface area contributed by atoms with E-state index in [1.54, 1.807) is 25.3 Å². The summed E-state index contributed by atoms with van der Waals surface area (Å²) in [7, 11) is 5.12. The van der Waals surface area contributed by atoms with Crippen molar-refractivity contribution < 1.29 is 37.0 Å². The standard InChI is InChI=1S/C20H32NP.C7H6FO3S.Au.ClH/c1-21(2)19-15-9-10-16-20(19)22(17-11-5-3-6-12-17)18-13-7-4-8-14-18;1-11-6-4-2-3-5-7(6)12(8,9)10;;/h9-10,15-18H,3-8,11-14H2,1-2H3;2-4H,1H3;;1H/q;-1;+1;. The van der Waals surface area contributed by atoms with Crippen LogP contribution in [0.2, 0.25) is 0 Å². The summed E-state index contributed by atoms with van der Waals surface area (Å²) >= 11 is 1.75. The molecule has 0 unspecified atom stereocenters. The first kappa shape index (κ1) is 31.6. The van der Waals surface area contributed by atoms with Crippen molar-refractivity contribution in [3.05, 3.63) is 48.5 Å². The van der Waals surface area contributed by atoms with Gasteiger partial charge in [0.2, 0.25) is 0 Å². The zero-order valence-electron chi connectivity index (χ0n) is 21.4. The van der Waals surface area contributed by atoms with Gasteiger partial charge >= 0.3 is 39.4 Å². The van der Waals surface area contributed by atoms with E-state index in [9.17, 15) is 12.3 Å². The predicted molar refractivity (Wildman–Crippen MR) is 148 cm³/mol. The average molecular weight is 740 g/mol. The van der Waals surface area contributed by atoms with Crippen LogP contribution in [0.15, 0.2) is 47.4 Å². The molecule has 0 radical (unpaired) electrons. The fourth-order valence-electron chi connectivity index (χ4n) is 5.47. The molecule has 4 rings (SSSR count). The number of benzene rings is 2. The van der Waals surface area contributed by atoms with Crippen molar-refractivity contribution in [2.24, 2.45) is 0 Å². The number of hydrogen-bond donors (Lipinski definition) is 0.